The average Bonchev–Trinajstić information content (AvgIpc) is 1.97. The van der Waals surface area contributed by atoms with Crippen LogP contribution in [-0.2, 0) is 4.79 Å². The molecule has 0 rings (SSSR count). The van der Waals surface area contributed by atoms with Crippen molar-refractivity contribution in [2.75, 3.05) is 0 Å². The first-order valence-electron chi connectivity index (χ1n) is 3.48. The molecule has 0 fully saturated rings. The normalized spacial score (nSPS) is 16.7. The first-order chi connectivity index (χ1) is 5.75. The van der Waals surface area contributed by atoms with Crippen molar-refractivity contribution in [2.24, 2.45) is 5.73 Å². The number of carboxylic acid groups (broad SMARTS) is 1. The lowest BCUT2D eigenvalue weighted by Gasteiger charge is -2.15. The number of hydrogen-bond acceptors (Lipinski definition) is 3. The fraction of sp³-hybridized carbons (Fsp3) is 0.833. The van der Waals surface area contributed by atoms with Gasteiger partial charge in [0, 0.05) is 0 Å². The van der Waals surface area contributed by atoms with E-state index in [0.29, 0.717) is 0 Å². The number of carboxylic acids is 1. The number of nitrogens with two attached hydrogens (primary N) is 1. The highest BCUT2D eigenvalue weighted by molar-refractivity contribution is 5.72. The quantitative estimate of drug-likeness (QED) is 0.602. The number of rotatable bonds is 4. The van der Waals surface area contributed by atoms with Crippen molar-refractivity contribution in [1.29, 1.82) is 0 Å². The lowest BCUT2D eigenvalue weighted by molar-refractivity contribution is -0.206. The molecule has 4 N–H and O–H groups in total. The van der Waals surface area contributed by atoms with Crippen molar-refractivity contribution >= 4 is 5.97 Å². The molecule has 0 aliphatic rings. The van der Waals surface area contributed by atoms with E-state index in [1.165, 1.54) is 0 Å². The number of aliphatic carboxylic acids is 1. The zero-order valence-corrected chi connectivity index (χ0v) is 6.58. The van der Waals surface area contributed by atoms with Crippen molar-refractivity contribution in [1.82, 2.24) is 0 Å². The van der Waals surface area contributed by atoms with Crippen LogP contribution in [0, 0.1) is 0 Å². The van der Waals surface area contributed by atoms with Crippen LogP contribution in [0.5, 0.6) is 0 Å². The Bertz CT molecular complexity index is 182. The number of halogens is 3. The molecule has 0 spiro atoms. The molecule has 0 bridgehead atoms. The van der Waals surface area contributed by atoms with Gasteiger partial charge in [-0.05, 0) is 12.8 Å². The van der Waals surface area contributed by atoms with Gasteiger partial charge < -0.3 is 15.9 Å². The van der Waals surface area contributed by atoms with Crippen LogP contribution in [-0.4, -0.2) is 34.5 Å². The number of alkyl halides is 3. The molecule has 78 valence electrons. The first-order valence-corrected chi connectivity index (χ1v) is 3.48. The second kappa shape index (κ2) is 4.43. The lowest BCUT2D eigenvalue weighted by atomic mass is 10.1. The molecule has 4 nitrogen and oxygen atoms in total. The minimum absolute atomic E-state index is 0.407. The van der Waals surface area contributed by atoms with E-state index in [1.807, 2.05) is 0 Å². The molecular formula is C6H10F3NO3. The van der Waals surface area contributed by atoms with E-state index in [4.69, 9.17) is 15.9 Å². The predicted molar refractivity (Wildman–Crippen MR) is 36.9 cm³/mol. The third kappa shape index (κ3) is 4.69. The molecule has 0 heterocycles. The highest BCUT2D eigenvalue weighted by Crippen LogP contribution is 2.23. The lowest BCUT2D eigenvalue weighted by Crippen LogP contribution is -2.34. The van der Waals surface area contributed by atoms with Gasteiger partial charge in [-0.3, -0.25) is 4.79 Å². The summed E-state index contributed by atoms with van der Waals surface area (Å²) in [6.07, 6.45) is -8.32. The minimum atomic E-state index is -4.71. The molecule has 2 atom stereocenters. The third-order valence-corrected chi connectivity index (χ3v) is 1.45. The van der Waals surface area contributed by atoms with Gasteiger partial charge in [-0.1, -0.05) is 0 Å². The molecule has 1 unspecified atom stereocenters. The van der Waals surface area contributed by atoms with Gasteiger partial charge in [0.1, 0.15) is 12.1 Å². The van der Waals surface area contributed by atoms with Crippen LogP contribution in [0.4, 0.5) is 13.2 Å². The van der Waals surface area contributed by atoms with Crippen molar-refractivity contribution in [2.45, 2.75) is 31.2 Å². The fourth-order valence-corrected chi connectivity index (χ4v) is 0.625. The molecule has 0 aromatic carbocycles. The van der Waals surface area contributed by atoms with Crippen LogP contribution >= 0.6 is 0 Å². The summed E-state index contributed by atoms with van der Waals surface area (Å²) < 4.78 is 35.0. The van der Waals surface area contributed by atoms with Crippen LogP contribution in [0.3, 0.4) is 0 Å². The summed E-state index contributed by atoms with van der Waals surface area (Å²) in [5.41, 5.74) is 4.93. The average molecular weight is 201 g/mol. The van der Waals surface area contributed by atoms with Crippen LogP contribution < -0.4 is 5.73 Å². The summed E-state index contributed by atoms with van der Waals surface area (Å²) >= 11 is 0. The van der Waals surface area contributed by atoms with Crippen molar-refractivity contribution in [3.8, 4) is 0 Å². The second-order valence-electron chi connectivity index (χ2n) is 2.58. The fourth-order valence-electron chi connectivity index (χ4n) is 0.625. The van der Waals surface area contributed by atoms with Crippen LogP contribution in [0.1, 0.15) is 12.8 Å². The maximum atomic E-state index is 11.7. The van der Waals surface area contributed by atoms with Gasteiger partial charge in [0.2, 0.25) is 0 Å². The van der Waals surface area contributed by atoms with Crippen molar-refractivity contribution < 1.29 is 28.2 Å². The Balaban J connectivity index is 3.83. The van der Waals surface area contributed by atoms with Gasteiger partial charge in [-0.2, -0.15) is 13.2 Å². The summed E-state index contributed by atoms with van der Waals surface area (Å²) in [6, 6.07) is -1.36. The predicted octanol–water partition coefficient (Wildman–Crippen LogP) is 0.102. The Morgan fingerprint density at radius 1 is 1.38 bits per heavy atom. The number of hydrogen-bond donors (Lipinski definition) is 3. The molecule has 0 saturated heterocycles. The number of carbonyl (C=O) groups is 1. The van der Waals surface area contributed by atoms with Crippen LogP contribution in [0.2, 0.25) is 0 Å². The van der Waals surface area contributed by atoms with Gasteiger partial charge in [0.15, 0.2) is 0 Å². The Labute approximate surface area is 72.2 Å². The van der Waals surface area contributed by atoms with Gasteiger partial charge in [-0.15, -0.1) is 0 Å². The second-order valence-corrected chi connectivity index (χ2v) is 2.58. The number of aliphatic hydroxyl groups is 1. The maximum Gasteiger partial charge on any atom is 0.414 e. The van der Waals surface area contributed by atoms with Crippen molar-refractivity contribution in [3.63, 3.8) is 0 Å². The van der Waals surface area contributed by atoms with Gasteiger partial charge >= 0.3 is 12.1 Å². The van der Waals surface area contributed by atoms with E-state index in [0.717, 1.165) is 0 Å². The summed E-state index contributed by atoms with van der Waals surface area (Å²) in [6.45, 7) is 0. The molecule has 0 aliphatic heterocycles. The van der Waals surface area contributed by atoms with E-state index >= 15 is 0 Å². The van der Waals surface area contributed by atoms with Gasteiger partial charge in [-0.25, -0.2) is 0 Å². The molecule has 0 aromatic rings. The molecule has 0 aliphatic carbocycles. The van der Waals surface area contributed by atoms with Gasteiger partial charge in [0.05, 0.1) is 0 Å². The Morgan fingerprint density at radius 3 is 2.15 bits per heavy atom. The number of aliphatic hydroxyl groups excluding tert-OH is 1. The van der Waals surface area contributed by atoms with Crippen molar-refractivity contribution in [3.05, 3.63) is 0 Å². The highest BCUT2D eigenvalue weighted by atomic mass is 19.4. The van der Waals surface area contributed by atoms with E-state index in [1.54, 1.807) is 0 Å². The van der Waals surface area contributed by atoms with E-state index in [2.05, 4.69) is 0 Å². The Hall–Kier alpha value is -0.820. The zero-order valence-electron chi connectivity index (χ0n) is 6.58. The van der Waals surface area contributed by atoms with E-state index < -0.39 is 37.1 Å². The SMILES string of the molecule is N[C@@H](CCC(O)C(F)(F)F)C(=O)O. The minimum Gasteiger partial charge on any atom is -0.480 e. The monoisotopic (exact) mass is 201 g/mol. The Kier molecular flexibility index (Phi) is 4.15. The molecule has 0 saturated carbocycles. The summed E-state index contributed by atoms with van der Waals surface area (Å²) in [7, 11) is 0. The summed E-state index contributed by atoms with van der Waals surface area (Å²) in [4.78, 5) is 10.1. The largest absolute Gasteiger partial charge is 0.480 e. The third-order valence-electron chi connectivity index (χ3n) is 1.45. The van der Waals surface area contributed by atoms with Crippen LogP contribution in [0.25, 0.3) is 0 Å². The summed E-state index contributed by atoms with van der Waals surface area (Å²) in [5.74, 6) is -1.38. The van der Waals surface area contributed by atoms with Crippen LogP contribution in [0.15, 0.2) is 0 Å². The van der Waals surface area contributed by atoms with E-state index in [9.17, 15) is 18.0 Å². The molecule has 0 radical (unpaired) electrons. The zero-order chi connectivity index (χ0) is 10.6. The summed E-state index contributed by atoms with van der Waals surface area (Å²) in [5, 5.41) is 16.7. The molecule has 7 heteroatoms. The maximum absolute atomic E-state index is 11.7. The smallest absolute Gasteiger partial charge is 0.414 e. The van der Waals surface area contributed by atoms with Gasteiger partial charge in [0.25, 0.3) is 0 Å². The highest BCUT2D eigenvalue weighted by Gasteiger charge is 2.38. The molecule has 0 amide bonds. The topological polar surface area (TPSA) is 83.5 Å². The molecule has 13 heavy (non-hydrogen) atoms. The van der Waals surface area contributed by atoms with E-state index in [-0.39, 0.29) is 0 Å². The molecule has 0 aromatic heterocycles. The Morgan fingerprint density at radius 2 is 1.85 bits per heavy atom. The molecular weight excluding hydrogens is 191 g/mol. The first kappa shape index (κ1) is 12.2. The standard InChI is InChI=1S/C6H10F3NO3/c7-6(8,9)4(11)2-1-3(10)5(12)13/h3-4,11H,1-2,10H2,(H,12,13)/t3-,4?/m0/s1.